The van der Waals surface area contributed by atoms with Crippen LogP contribution in [0.3, 0.4) is 0 Å². The summed E-state index contributed by atoms with van der Waals surface area (Å²) in [6.45, 7) is 4.53. The van der Waals surface area contributed by atoms with Gasteiger partial charge in [-0.3, -0.25) is 4.98 Å². The number of halogens is 1. The van der Waals surface area contributed by atoms with Gasteiger partial charge in [0.15, 0.2) is 5.96 Å². The van der Waals surface area contributed by atoms with Crippen LogP contribution in [0.25, 0.3) is 0 Å². The number of nitrogens with one attached hydrogen (secondary N) is 2. The summed E-state index contributed by atoms with van der Waals surface area (Å²) in [4.78, 5) is 8.97. The van der Waals surface area contributed by atoms with E-state index >= 15 is 0 Å². The van der Waals surface area contributed by atoms with Crippen LogP contribution in [0.15, 0.2) is 77.9 Å². The molecule has 0 unspecified atom stereocenters. The Kier molecular flexibility index (Phi) is 10.6. The molecule has 0 bridgehead atoms. The van der Waals surface area contributed by atoms with Gasteiger partial charge in [-0.15, -0.1) is 24.0 Å². The third-order valence-electron chi connectivity index (χ3n) is 4.39. The lowest BCUT2D eigenvalue weighted by Crippen LogP contribution is -2.36. The van der Waals surface area contributed by atoms with E-state index in [1.54, 1.807) is 13.3 Å². The lowest BCUT2D eigenvalue weighted by molar-refractivity contribution is 0.301. The van der Waals surface area contributed by atoms with Crippen LogP contribution < -0.4 is 20.1 Å². The summed E-state index contributed by atoms with van der Waals surface area (Å²) in [7, 11) is 1.67. The van der Waals surface area contributed by atoms with Crippen molar-refractivity contribution in [3.8, 4) is 11.5 Å². The molecule has 31 heavy (non-hydrogen) atoms. The van der Waals surface area contributed by atoms with Gasteiger partial charge in [-0.1, -0.05) is 30.3 Å². The Bertz CT molecular complexity index is 934. The molecule has 0 spiro atoms. The Morgan fingerprint density at radius 2 is 1.77 bits per heavy atom. The van der Waals surface area contributed by atoms with Crippen LogP contribution in [0.4, 0.5) is 0 Å². The second-order valence-corrected chi connectivity index (χ2v) is 6.65. The van der Waals surface area contributed by atoms with Gasteiger partial charge in [0.25, 0.3) is 0 Å². The third-order valence-corrected chi connectivity index (χ3v) is 4.39. The monoisotopic (exact) mass is 532 g/mol. The molecule has 6 nitrogen and oxygen atoms in total. The Balaban J connectivity index is 0.00000341. The first kappa shape index (κ1) is 24.5. The van der Waals surface area contributed by atoms with E-state index in [0.717, 1.165) is 40.8 Å². The van der Waals surface area contributed by atoms with E-state index < -0.39 is 0 Å². The van der Waals surface area contributed by atoms with E-state index in [0.29, 0.717) is 19.7 Å². The van der Waals surface area contributed by atoms with Gasteiger partial charge < -0.3 is 20.1 Å². The highest BCUT2D eigenvalue weighted by Gasteiger charge is 2.02. The maximum Gasteiger partial charge on any atom is 0.191 e. The van der Waals surface area contributed by atoms with Gasteiger partial charge in [0, 0.05) is 19.3 Å². The quantitative estimate of drug-likeness (QED) is 0.241. The van der Waals surface area contributed by atoms with Crippen LogP contribution >= 0.6 is 24.0 Å². The Morgan fingerprint density at radius 1 is 0.935 bits per heavy atom. The Labute approximate surface area is 201 Å². The molecule has 0 atom stereocenters. The molecular formula is C24H29IN4O2. The van der Waals surface area contributed by atoms with Crippen LogP contribution in [-0.2, 0) is 19.7 Å². The Hall–Kier alpha value is -2.81. The normalized spacial score (nSPS) is 10.7. The summed E-state index contributed by atoms with van der Waals surface area (Å²) < 4.78 is 11.1. The first-order valence-corrected chi connectivity index (χ1v) is 10.0. The van der Waals surface area contributed by atoms with E-state index in [1.165, 1.54) is 0 Å². The highest BCUT2D eigenvalue weighted by atomic mass is 127. The molecular weight excluding hydrogens is 503 g/mol. The number of guanidine groups is 1. The van der Waals surface area contributed by atoms with E-state index in [2.05, 4.69) is 22.5 Å². The van der Waals surface area contributed by atoms with Gasteiger partial charge in [-0.2, -0.15) is 0 Å². The summed E-state index contributed by atoms with van der Waals surface area (Å²) in [5, 5.41) is 6.65. The van der Waals surface area contributed by atoms with Gasteiger partial charge in [0.05, 0.1) is 19.3 Å². The number of aliphatic imine (C=N–C) groups is 1. The number of nitrogens with zero attached hydrogens (tertiary/aromatic N) is 2. The highest BCUT2D eigenvalue weighted by Crippen LogP contribution is 2.15. The fourth-order valence-electron chi connectivity index (χ4n) is 2.82. The van der Waals surface area contributed by atoms with Gasteiger partial charge in [-0.05, 0) is 54.4 Å². The smallest absolute Gasteiger partial charge is 0.191 e. The van der Waals surface area contributed by atoms with Crippen molar-refractivity contribution in [2.24, 2.45) is 4.99 Å². The summed E-state index contributed by atoms with van der Waals surface area (Å²) in [5.41, 5.74) is 3.14. The van der Waals surface area contributed by atoms with Crippen LogP contribution in [0.2, 0.25) is 0 Å². The standard InChI is InChI=1S/C24H28N4O2.HI/c1-3-25-24(27-16-19-10-12-22(29-2)13-11-19)28-17-20-7-6-9-23(15-20)30-18-21-8-4-5-14-26-21;/h4-15H,3,16-18H2,1-2H3,(H2,25,27,28);1H. The van der Waals surface area contributed by atoms with E-state index in [1.807, 2.05) is 66.7 Å². The zero-order chi connectivity index (χ0) is 21.0. The van der Waals surface area contributed by atoms with Crippen LogP contribution in [-0.4, -0.2) is 24.6 Å². The molecule has 2 N–H and O–H groups in total. The predicted octanol–water partition coefficient (Wildman–Crippen LogP) is 4.54. The molecule has 1 heterocycles. The van der Waals surface area contributed by atoms with Crippen molar-refractivity contribution in [1.82, 2.24) is 15.6 Å². The van der Waals surface area contributed by atoms with Crippen molar-refractivity contribution >= 4 is 29.9 Å². The molecule has 0 radical (unpaired) electrons. The summed E-state index contributed by atoms with van der Waals surface area (Å²) >= 11 is 0. The fraction of sp³-hybridized carbons (Fsp3) is 0.250. The average molecular weight is 532 g/mol. The van der Waals surface area contributed by atoms with Gasteiger partial charge >= 0.3 is 0 Å². The first-order chi connectivity index (χ1) is 14.8. The molecule has 164 valence electrons. The Morgan fingerprint density at radius 3 is 2.48 bits per heavy atom. The van der Waals surface area contributed by atoms with Gasteiger partial charge in [0.2, 0.25) is 0 Å². The maximum atomic E-state index is 5.86. The molecule has 2 aromatic carbocycles. The molecule has 7 heteroatoms. The molecule has 3 aromatic rings. The van der Waals surface area contributed by atoms with Crippen molar-refractivity contribution in [2.45, 2.75) is 26.6 Å². The number of methoxy groups -OCH3 is 1. The minimum Gasteiger partial charge on any atom is -0.497 e. The molecule has 0 saturated heterocycles. The number of benzene rings is 2. The number of ether oxygens (including phenoxy) is 2. The second kappa shape index (κ2) is 13.5. The molecule has 0 saturated carbocycles. The molecule has 3 rings (SSSR count). The zero-order valence-electron chi connectivity index (χ0n) is 17.9. The van der Waals surface area contributed by atoms with Gasteiger partial charge in [0.1, 0.15) is 18.1 Å². The topological polar surface area (TPSA) is 67.8 Å². The SMILES string of the molecule is CCNC(=NCc1cccc(OCc2ccccn2)c1)NCc1ccc(OC)cc1.I. The highest BCUT2D eigenvalue weighted by molar-refractivity contribution is 14.0. The molecule has 0 amide bonds. The largest absolute Gasteiger partial charge is 0.497 e. The number of aromatic nitrogens is 1. The first-order valence-electron chi connectivity index (χ1n) is 10.0. The number of rotatable bonds is 9. The molecule has 0 aliphatic carbocycles. The number of hydrogen-bond acceptors (Lipinski definition) is 4. The van der Waals surface area contributed by atoms with Crippen LogP contribution in [0.1, 0.15) is 23.7 Å². The minimum absolute atomic E-state index is 0. The molecule has 0 aliphatic rings. The van der Waals surface area contributed by atoms with Crippen molar-refractivity contribution < 1.29 is 9.47 Å². The summed E-state index contributed by atoms with van der Waals surface area (Å²) in [6, 6.07) is 21.8. The third kappa shape index (κ3) is 8.45. The van der Waals surface area contributed by atoms with Crippen LogP contribution in [0, 0.1) is 0 Å². The van der Waals surface area contributed by atoms with Crippen molar-refractivity contribution in [3.05, 3.63) is 89.7 Å². The number of hydrogen-bond donors (Lipinski definition) is 2. The lowest BCUT2D eigenvalue weighted by Gasteiger charge is -2.12. The van der Waals surface area contributed by atoms with Gasteiger partial charge in [-0.25, -0.2) is 4.99 Å². The average Bonchev–Trinajstić information content (AvgIpc) is 2.81. The fourth-order valence-corrected chi connectivity index (χ4v) is 2.82. The summed E-state index contributed by atoms with van der Waals surface area (Å²) in [5.74, 6) is 2.43. The van der Waals surface area contributed by atoms with Crippen molar-refractivity contribution in [2.75, 3.05) is 13.7 Å². The minimum atomic E-state index is 0. The second-order valence-electron chi connectivity index (χ2n) is 6.65. The molecule has 0 fully saturated rings. The number of pyridine rings is 1. The lowest BCUT2D eigenvalue weighted by atomic mass is 10.2. The summed E-state index contributed by atoms with van der Waals surface area (Å²) in [6.07, 6.45) is 1.77. The van der Waals surface area contributed by atoms with Crippen molar-refractivity contribution in [1.29, 1.82) is 0 Å². The molecule has 0 aliphatic heterocycles. The van der Waals surface area contributed by atoms with E-state index in [4.69, 9.17) is 14.5 Å². The van der Waals surface area contributed by atoms with Crippen LogP contribution in [0.5, 0.6) is 11.5 Å². The van der Waals surface area contributed by atoms with E-state index in [9.17, 15) is 0 Å². The van der Waals surface area contributed by atoms with Crippen molar-refractivity contribution in [3.63, 3.8) is 0 Å². The maximum absolute atomic E-state index is 5.86. The molecule has 1 aromatic heterocycles. The predicted molar refractivity (Wildman–Crippen MR) is 135 cm³/mol. The zero-order valence-corrected chi connectivity index (χ0v) is 20.2. The van der Waals surface area contributed by atoms with E-state index in [-0.39, 0.29) is 24.0 Å².